The second-order valence-electron chi connectivity index (χ2n) is 10.0. The van der Waals surface area contributed by atoms with Gasteiger partial charge < -0.3 is 9.47 Å². The van der Waals surface area contributed by atoms with Gasteiger partial charge in [-0.2, -0.15) is 17.1 Å². The SMILES string of the molecule is CC[C@@H](Oc1ccc(C(=O)NS(=O)(=O)N2CC3=C(CN(C)C3)C2)c(F)c1F)c1ccc(OCC2CC2)cn1. The molecular weight excluding hydrogens is 518 g/mol. The van der Waals surface area contributed by atoms with E-state index in [2.05, 4.69) is 9.88 Å². The molecule has 1 fully saturated rings. The first-order chi connectivity index (χ1) is 18.1. The van der Waals surface area contributed by atoms with E-state index in [1.165, 1.54) is 12.8 Å². The van der Waals surface area contributed by atoms with Gasteiger partial charge in [0.2, 0.25) is 5.82 Å². The van der Waals surface area contributed by atoms with Gasteiger partial charge in [-0.25, -0.2) is 9.11 Å². The van der Waals surface area contributed by atoms with Crippen LogP contribution in [-0.2, 0) is 10.2 Å². The van der Waals surface area contributed by atoms with Gasteiger partial charge in [0, 0.05) is 26.2 Å². The first-order valence-electron chi connectivity index (χ1n) is 12.6. The summed E-state index contributed by atoms with van der Waals surface area (Å²) in [5.41, 5.74) is 1.76. The van der Waals surface area contributed by atoms with Crippen molar-refractivity contribution in [1.29, 1.82) is 0 Å². The minimum atomic E-state index is -4.24. The number of nitrogens with zero attached hydrogens (tertiary/aromatic N) is 3. The summed E-state index contributed by atoms with van der Waals surface area (Å²) in [4.78, 5) is 19.0. The molecule has 12 heteroatoms. The average molecular weight is 549 g/mol. The van der Waals surface area contributed by atoms with Gasteiger partial charge in [-0.15, -0.1) is 0 Å². The van der Waals surface area contributed by atoms with Crippen LogP contribution in [0.5, 0.6) is 11.5 Å². The fourth-order valence-corrected chi connectivity index (χ4v) is 5.74. The highest BCUT2D eigenvalue weighted by Gasteiger charge is 2.36. The standard InChI is InChI=1S/C26H30F2N4O5S/c1-3-22(21-8-6-19(10-29-21)36-15-16-4-5-16)37-23-9-7-20(24(27)25(23)28)26(33)30-38(34,35)32-13-17-11-31(2)12-18(17)14-32/h6-10,16,22H,3-5,11-15H2,1-2H3,(H,30,33)/t22-/m1/s1. The summed E-state index contributed by atoms with van der Waals surface area (Å²) >= 11 is 0. The number of carbonyl (C=O) groups is 1. The van der Waals surface area contributed by atoms with Gasteiger partial charge in [0.1, 0.15) is 11.9 Å². The Morgan fingerprint density at radius 3 is 2.42 bits per heavy atom. The molecule has 1 atom stereocenters. The number of rotatable bonds is 10. The smallest absolute Gasteiger partial charge is 0.304 e. The van der Waals surface area contributed by atoms with E-state index in [0.717, 1.165) is 27.6 Å². The Labute approximate surface area is 220 Å². The minimum absolute atomic E-state index is 0.159. The summed E-state index contributed by atoms with van der Waals surface area (Å²) in [5, 5.41) is 0. The zero-order chi connectivity index (χ0) is 27.0. The van der Waals surface area contributed by atoms with Gasteiger partial charge in [0.15, 0.2) is 11.6 Å². The van der Waals surface area contributed by atoms with Crippen LogP contribution in [0.2, 0.25) is 0 Å². The lowest BCUT2D eigenvalue weighted by Gasteiger charge is -2.21. The van der Waals surface area contributed by atoms with E-state index in [0.29, 0.717) is 43.5 Å². The molecule has 38 heavy (non-hydrogen) atoms. The van der Waals surface area contributed by atoms with Gasteiger partial charge in [-0.05, 0) is 67.6 Å². The summed E-state index contributed by atoms with van der Waals surface area (Å²) in [5.74, 6) is -3.32. The number of pyridine rings is 1. The van der Waals surface area contributed by atoms with Crippen molar-refractivity contribution < 1.29 is 31.5 Å². The zero-order valence-electron chi connectivity index (χ0n) is 21.2. The predicted octanol–water partition coefficient (Wildman–Crippen LogP) is 3.21. The third kappa shape index (κ3) is 5.67. The molecule has 2 aromatic rings. The van der Waals surface area contributed by atoms with Crippen molar-refractivity contribution in [3.8, 4) is 11.5 Å². The van der Waals surface area contributed by atoms with Crippen molar-refractivity contribution in [3.05, 3.63) is 64.5 Å². The van der Waals surface area contributed by atoms with E-state index in [9.17, 15) is 22.0 Å². The second kappa shape index (κ2) is 10.6. The molecule has 0 saturated heterocycles. The molecule has 3 heterocycles. The average Bonchev–Trinajstić information content (AvgIpc) is 3.53. The normalized spacial score (nSPS) is 18.9. The molecule has 1 aliphatic carbocycles. The highest BCUT2D eigenvalue weighted by Crippen LogP contribution is 2.31. The molecule has 0 bridgehead atoms. The number of nitrogens with one attached hydrogen (secondary N) is 1. The Balaban J connectivity index is 1.23. The fourth-order valence-electron chi connectivity index (χ4n) is 4.61. The van der Waals surface area contributed by atoms with E-state index >= 15 is 0 Å². The van der Waals surface area contributed by atoms with Gasteiger partial charge in [0.25, 0.3) is 5.91 Å². The third-order valence-electron chi connectivity index (χ3n) is 6.92. The Kier molecular flexibility index (Phi) is 7.38. The maximum atomic E-state index is 14.9. The molecule has 1 aromatic heterocycles. The molecule has 1 amide bonds. The number of carbonyl (C=O) groups excluding carboxylic acids is 1. The molecule has 1 saturated carbocycles. The second-order valence-corrected chi connectivity index (χ2v) is 11.7. The van der Waals surface area contributed by atoms with Crippen molar-refractivity contribution in [3.63, 3.8) is 0 Å². The Morgan fingerprint density at radius 2 is 1.82 bits per heavy atom. The summed E-state index contributed by atoms with van der Waals surface area (Å²) in [7, 11) is -2.31. The lowest BCUT2D eigenvalue weighted by molar-refractivity contribution is 0.0974. The first kappa shape index (κ1) is 26.5. The molecule has 1 N–H and O–H groups in total. The molecule has 0 unspecified atom stereocenters. The molecule has 2 aliphatic heterocycles. The highest BCUT2D eigenvalue weighted by molar-refractivity contribution is 7.87. The van der Waals surface area contributed by atoms with Crippen molar-refractivity contribution >= 4 is 16.1 Å². The number of ether oxygens (including phenoxy) is 2. The number of hydrogen-bond acceptors (Lipinski definition) is 7. The summed E-state index contributed by atoms with van der Waals surface area (Å²) in [6.45, 7) is 4.09. The van der Waals surface area contributed by atoms with Gasteiger partial charge >= 0.3 is 10.2 Å². The number of aromatic nitrogens is 1. The van der Waals surface area contributed by atoms with Gasteiger partial charge in [0.05, 0.1) is 24.1 Å². The highest BCUT2D eigenvalue weighted by atomic mass is 32.2. The van der Waals surface area contributed by atoms with Crippen LogP contribution in [-0.4, -0.2) is 68.3 Å². The maximum absolute atomic E-state index is 14.9. The van der Waals surface area contributed by atoms with Crippen LogP contribution in [0.3, 0.4) is 0 Å². The van der Waals surface area contributed by atoms with E-state index in [1.54, 1.807) is 18.3 Å². The minimum Gasteiger partial charge on any atom is -0.492 e. The molecule has 9 nitrogen and oxygen atoms in total. The van der Waals surface area contributed by atoms with Gasteiger partial charge in [-0.1, -0.05) is 6.92 Å². The monoisotopic (exact) mass is 548 g/mol. The number of halogens is 2. The van der Waals surface area contributed by atoms with Crippen LogP contribution >= 0.6 is 0 Å². The Bertz CT molecular complexity index is 1340. The zero-order valence-corrected chi connectivity index (χ0v) is 22.1. The van der Waals surface area contributed by atoms with E-state index in [1.807, 2.05) is 18.7 Å². The van der Waals surface area contributed by atoms with Crippen LogP contribution in [0.4, 0.5) is 8.78 Å². The van der Waals surface area contributed by atoms with Crippen LogP contribution in [0.25, 0.3) is 0 Å². The molecule has 1 aromatic carbocycles. The third-order valence-corrected chi connectivity index (χ3v) is 8.30. The van der Waals surface area contributed by atoms with Crippen molar-refractivity contribution in [2.24, 2.45) is 5.92 Å². The largest absolute Gasteiger partial charge is 0.492 e. The summed E-state index contributed by atoms with van der Waals surface area (Å²) in [6.07, 6.45) is 3.65. The predicted molar refractivity (Wildman–Crippen MR) is 135 cm³/mol. The molecular formula is C26H30F2N4O5S. The van der Waals surface area contributed by atoms with E-state index < -0.39 is 45.2 Å². The van der Waals surface area contributed by atoms with E-state index in [-0.39, 0.29) is 13.1 Å². The number of likely N-dealkylation sites (N-methyl/N-ethyl adjacent to an activating group) is 1. The van der Waals surface area contributed by atoms with Crippen LogP contribution in [0, 0.1) is 17.6 Å². The number of amides is 1. The maximum Gasteiger partial charge on any atom is 0.304 e. The summed E-state index contributed by atoms with van der Waals surface area (Å²) in [6, 6.07) is 5.57. The molecule has 3 aliphatic rings. The quantitative estimate of drug-likeness (QED) is 0.455. The molecule has 204 valence electrons. The molecule has 0 radical (unpaired) electrons. The lowest BCUT2D eigenvalue weighted by Crippen LogP contribution is -2.44. The fraction of sp³-hybridized carbons (Fsp3) is 0.462. The van der Waals surface area contributed by atoms with Crippen molar-refractivity contribution in [2.75, 3.05) is 39.8 Å². The Morgan fingerprint density at radius 1 is 1.11 bits per heavy atom. The number of benzene rings is 1. The van der Waals surface area contributed by atoms with Gasteiger partial charge in [-0.3, -0.25) is 14.7 Å². The number of hydrogen-bond donors (Lipinski definition) is 1. The molecule has 0 spiro atoms. The molecule has 5 rings (SSSR count). The van der Waals surface area contributed by atoms with Crippen molar-refractivity contribution in [2.45, 2.75) is 32.3 Å². The summed E-state index contributed by atoms with van der Waals surface area (Å²) < 4.78 is 69.6. The van der Waals surface area contributed by atoms with Crippen molar-refractivity contribution in [1.82, 2.24) is 18.9 Å². The van der Waals surface area contributed by atoms with Crippen LogP contribution in [0.1, 0.15) is 48.3 Å². The first-order valence-corrected chi connectivity index (χ1v) is 14.0. The Hall–Kier alpha value is -3.09. The van der Waals surface area contributed by atoms with Crippen LogP contribution < -0.4 is 14.2 Å². The van der Waals surface area contributed by atoms with Crippen LogP contribution in [0.15, 0.2) is 41.6 Å². The van der Waals surface area contributed by atoms with E-state index in [4.69, 9.17) is 9.47 Å². The topological polar surface area (TPSA) is 101 Å². The lowest BCUT2D eigenvalue weighted by atomic mass is 10.1.